The molecule has 0 bridgehead atoms. The van der Waals surface area contributed by atoms with Gasteiger partial charge in [-0.3, -0.25) is 4.79 Å². The van der Waals surface area contributed by atoms with Gasteiger partial charge in [0.05, 0.1) is 6.04 Å². The van der Waals surface area contributed by atoms with Crippen LogP contribution in [0.25, 0.3) is 0 Å². The molecule has 0 radical (unpaired) electrons. The van der Waals surface area contributed by atoms with Gasteiger partial charge < -0.3 is 10.6 Å². The zero-order valence-electron chi connectivity index (χ0n) is 7.92. The van der Waals surface area contributed by atoms with Gasteiger partial charge in [-0.05, 0) is 25.7 Å². The largest absolute Gasteiger partial charge is 0.341 e. The standard InChI is InChI=1S/C9H18N2O/c1-7-3-5-11(6-4-7)9(12)8(2)10/h7-8H,3-6,10H2,1-2H3. The van der Waals surface area contributed by atoms with Gasteiger partial charge in [0.15, 0.2) is 0 Å². The average molecular weight is 170 g/mol. The molecule has 1 rings (SSSR count). The van der Waals surface area contributed by atoms with Crippen molar-refractivity contribution in [2.24, 2.45) is 11.7 Å². The first kappa shape index (κ1) is 9.52. The third kappa shape index (κ3) is 2.21. The number of rotatable bonds is 1. The number of carbonyl (C=O) groups is 1. The van der Waals surface area contributed by atoms with E-state index in [0.29, 0.717) is 0 Å². The summed E-state index contributed by atoms with van der Waals surface area (Å²) in [6, 6.07) is -0.335. The third-order valence-electron chi connectivity index (χ3n) is 2.48. The maximum atomic E-state index is 11.4. The highest BCUT2D eigenvalue weighted by molar-refractivity contribution is 5.81. The van der Waals surface area contributed by atoms with E-state index in [2.05, 4.69) is 6.92 Å². The minimum absolute atomic E-state index is 0.0990. The van der Waals surface area contributed by atoms with E-state index < -0.39 is 0 Å². The van der Waals surface area contributed by atoms with E-state index in [0.717, 1.165) is 31.8 Å². The smallest absolute Gasteiger partial charge is 0.239 e. The Bertz CT molecular complexity index is 160. The van der Waals surface area contributed by atoms with Crippen molar-refractivity contribution in [2.45, 2.75) is 32.7 Å². The van der Waals surface area contributed by atoms with Gasteiger partial charge >= 0.3 is 0 Å². The van der Waals surface area contributed by atoms with Crippen LogP contribution >= 0.6 is 0 Å². The maximum Gasteiger partial charge on any atom is 0.239 e. The van der Waals surface area contributed by atoms with Crippen LogP contribution in [0.2, 0.25) is 0 Å². The molecule has 0 spiro atoms. The number of piperidine rings is 1. The van der Waals surface area contributed by atoms with Gasteiger partial charge in [-0.1, -0.05) is 6.92 Å². The molecule has 1 fully saturated rings. The first-order chi connectivity index (χ1) is 5.61. The van der Waals surface area contributed by atoms with Crippen LogP contribution in [0.1, 0.15) is 26.7 Å². The molecular formula is C9H18N2O. The second-order valence-electron chi connectivity index (χ2n) is 3.80. The van der Waals surface area contributed by atoms with E-state index in [1.807, 2.05) is 4.90 Å². The number of carbonyl (C=O) groups excluding carboxylic acids is 1. The molecule has 0 aromatic heterocycles. The monoisotopic (exact) mass is 170 g/mol. The Kier molecular flexibility index (Phi) is 3.09. The molecule has 0 saturated carbocycles. The summed E-state index contributed by atoms with van der Waals surface area (Å²) in [6.07, 6.45) is 2.25. The molecule has 70 valence electrons. The fraction of sp³-hybridized carbons (Fsp3) is 0.889. The van der Waals surface area contributed by atoms with Crippen molar-refractivity contribution in [3.05, 3.63) is 0 Å². The molecule has 1 heterocycles. The van der Waals surface area contributed by atoms with Crippen molar-refractivity contribution in [1.82, 2.24) is 4.90 Å². The van der Waals surface area contributed by atoms with Gasteiger partial charge in [-0.15, -0.1) is 0 Å². The van der Waals surface area contributed by atoms with Crippen LogP contribution < -0.4 is 5.73 Å². The average Bonchev–Trinajstić information content (AvgIpc) is 2.04. The molecule has 12 heavy (non-hydrogen) atoms. The third-order valence-corrected chi connectivity index (χ3v) is 2.48. The van der Waals surface area contributed by atoms with Crippen molar-refractivity contribution in [2.75, 3.05) is 13.1 Å². The fourth-order valence-electron chi connectivity index (χ4n) is 1.52. The van der Waals surface area contributed by atoms with Crippen LogP contribution in [0.3, 0.4) is 0 Å². The number of hydrogen-bond acceptors (Lipinski definition) is 2. The van der Waals surface area contributed by atoms with Crippen molar-refractivity contribution in [3.63, 3.8) is 0 Å². The Hall–Kier alpha value is -0.570. The van der Waals surface area contributed by atoms with Crippen LogP contribution in [-0.2, 0) is 4.79 Å². The topological polar surface area (TPSA) is 46.3 Å². The number of nitrogens with zero attached hydrogens (tertiary/aromatic N) is 1. The molecule has 1 aliphatic rings. The summed E-state index contributed by atoms with van der Waals surface area (Å²) in [6.45, 7) is 5.76. The predicted octanol–water partition coefficient (Wildman–Crippen LogP) is 0.592. The molecule has 1 unspecified atom stereocenters. The van der Waals surface area contributed by atoms with Crippen LogP contribution in [0.4, 0.5) is 0 Å². The molecule has 1 atom stereocenters. The van der Waals surface area contributed by atoms with Gasteiger partial charge in [0.2, 0.25) is 5.91 Å². The molecular weight excluding hydrogens is 152 g/mol. The van der Waals surface area contributed by atoms with Crippen LogP contribution in [0, 0.1) is 5.92 Å². The van der Waals surface area contributed by atoms with E-state index in [-0.39, 0.29) is 11.9 Å². The molecule has 1 amide bonds. The van der Waals surface area contributed by atoms with Crippen molar-refractivity contribution < 1.29 is 4.79 Å². The first-order valence-corrected chi connectivity index (χ1v) is 4.65. The Morgan fingerprint density at radius 3 is 2.42 bits per heavy atom. The van der Waals surface area contributed by atoms with Crippen molar-refractivity contribution >= 4 is 5.91 Å². The summed E-state index contributed by atoms with van der Waals surface area (Å²) in [5.74, 6) is 0.865. The molecule has 0 aliphatic carbocycles. The lowest BCUT2D eigenvalue weighted by atomic mass is 9.99. The van der Waals surface area contributed by atoms with Crippen LogP contribution in [0.15, 0.2) is 0 Å². The molecule has 0 aromatic carbocycles. The van der Waals surface area contributed by atoms with Gasteiger partial charge in [0.25, 0.3) is 0 Å². The molecule has 1 aliphatic heterocycles. The number of hydrogen-bond donors (Lipinski definition) is 1. The fourth-order valence-corrected chi connectivity index (χ4v) is 1.52. The quantitative estimate of drug-likeness (QED) is 0.626. The SMILES string of the molecule is CC1CCN(C(=O)C(C)N)CC1. The van der Waals surface area contributed by atoms with E-state index in [1.165, 1.54) is 0 Å². The lowest BCUT2D eigenvalue weighted by molar-refractivity contribution is -0.133. The minimum Gasteiger partial charge on any atom is -0.341 e. The zero-order valence-corrected chi connectivity index (χ0v) is 7.92. The van der Waals surface area contributed by atoms with Crippen molar-refractivity contribution in [3.8, 4) is 0 Å². The summed E-state index contributed by atoms with van der Waals surface area (Å²) in [4.78, 5) is 13.3. The van der Waals surface area contributed by atoms with Crippen LogP contribution in [0.5, 0.6) is 0 Å². The second kappa shape index (κ2) is 3.90. The van der Waals surface area contributed by atoms with Gasteiger partial charge in [0, 0.05) is 13.1 Å². The van der Waals surface area contributed by atoms with Crippen molar-refractivity contribution in [1.29, 1.82) is 0 Å². The zero-order chi connectivity index (χ0) is 9.14. The van der Waals surface area contributed by atoms with Gasteiger partial charge in [0.1, 0.15) is 0 Å². The summed E-state index contributed by atoms with van der Waals surface area (Å²) in [5.41, 5.74) is 5.51. The predicted molar refractivity (Wildman–Crippen MR) is 48.6 cm³/mol. The molecule has 2 N–H and O–H groups in total. The van der Waals surface area contributed by atoms with E-state index >= 15 is 0 Å². The van der Waals surface area contributed by atoms with E-state index in [1.54, 1.807) is 6.92 Å². The maximum absolute atomic E-state index is 11.4. The lowest BCUT2D eigenvalue weighted by Gasteiger charge is -2.31. The molecule has 3 nitrogen and oxygen atoms in total. The highest BCUT2D eigenvalue weighted by atomic mass is 16.2. The Balaban J connectivity index is 2.39. The Morgan fingerprint density at radius 2 is 2.00 bits per heavy atom. The van der Waals surface area contributed by atoms with E-state index in [4.69, 9.17) is 5.73 Å². The highest BCUT2D eigenvalue weighted by Crippen LogP contribution is 2.16. The summed E-state index contributed by atoms with van der Waals surface area (Å²) < 4.78 is 0. The first-order valence-electron chi connectivity index (χ1n) is 4.65. The number of nitrogens with two attached hydrogens (primary N) is 1. The normalized spacial score (nSPS) is 22.4. The van der Waals surface area contributed by atoms with Gasteiger partial charge in [-0.25, -0.2) is 0 Å². The van der Waals surface area contributed by atoms with E-state index in [9.17, 15) is 4.79 Å². The van der Waals surface area contributed by atoms with Gasteiger partial charge in [-0.2, -0.15) is 0 Å². The molecule has 3 heteroatoms. The Morgan fingerprint density at radius 1 is 1.50 bits per heavy atom. The Labute approximate surface area is 73.9 Å². The lowest BCUT2D eigenvalue weighted by Crippen LogP contribution is -2.45. The summed E-state index contributed by atoms with van der Waals surface area (Å²) >= 11 is 0. The molecule has 0 aromatic rings. The summed E-state index contributed by atoms with van der Waals surface area (Å²) in [7, 11) is 0. The second-order valence-corrected chi connectivity index (χ2v) is 3.80. The minimum atomic E-state index is -0.335. The highest BCUT2D eigenvalue weighted by Gasteiger charge is 2.21. The molecule has 1 saturated heterocycles. The number of likely N-dealkylation sites (tertiary alicyclic amines) is 1. The number of amides is 1. The van der Waals surface area contributed by atoms with Crippen LogP contribution in [-0.4, -0.2) is 29.9 Å². The summed E-state index contributed by atoms with van der Waals surface area (Å²) in [5, 5.41) is 0.